The van der Waals surface area contributed by atoms with Crippen LogP contribution in [0.1, 0.15) is 50.0 Å². The molecule has 136 valence electrons. The van der Waals surface area contributed by atoms with Crippen molar-refractivity contribution in [2.45, 2.75) is 52.8 Å². The summed E-state index contributed by atoms with van der Waals surface area (Å²) in [6, 6.07) is 7.31. The molecule has 0 aromatic heterocycles. The lowest BCUT2D eigenvalue weighted by Gasteiger charge is -2.33. The van der Waals surface area contributed by atoms with Crippen LogP contribution in [0.2, 0.25) is 0 Å². The second kappa shape index (κ2) is 7.93. The van der Waals surface area contributed by atoms with Gasteiger partial charge in [0, 0.05) is 18.5 Å². The highest BCUT2D eigenvalue weighted by Gasteiger charge is 2.37. The number of aliphatic hydroxyl groups excluding tert-OH is 1. The van der Waals surface area contributed by atoms with E-state index in [0.29, 0.717) is 18.5 Å². The molecule has 0 spiro atoms. The Bertz CT molecular complexity index is 692. The molecule has 2 N–H and O–H groups in total. The molecule has 5 nitrogen and oxygen atoms in total. The first-order valence-electron chi connectivity index (χ1n) is 8.55. The van der Waals surface area contributed by atoms with Gasteiger partial charge in [-0.2, -0.15) is 0 Å². The Morgan fingerprint density at radius 3 is 2.72 bits per heavy atom. The molecule has 0 saturated heterocycles. The number of carbonyl (C=O) groups is 1. The summed E-state index contributed by atoms with van der Waals surface area (Å²) in [5, 5.41) is 18.4. The van der Waals surface area contributed by atoms with Crippen LogP contribution in [0.5, 0.6) is 0 Å². The number of benzene rings is 1. The molecule has 0 heterocycles. The first kappa shape index (κ1) is 19.3. The third-order valence-corrected chi connectivity index (χ3v) is 4.77. The Morgan fingerprint density at radius 1 is 1.40 bits per heavy atom. The largest absolute Gasteiger partial charge is 0.399 e. The number of aliphatic hydroxyl groups is 1. The number of carbonyl (C=O) groups excluding carboxylic acids is 1. The number of nitrogens with zero attached hydrogens (tertiary/aromatic N) is 1. The molecule has 2 atom stereocenters. The van der Waals surface area contributed by atoms with Crippen molar-refractivity contribution >= 4 is 11.5 Å². The highest BCUT2D eigenvalue weighted by atomic mass is 16.6. The molecule has 1 aliphatic rings. The maximum atomic E-state index is 11.8. The molecule has 0 amide bonds. The van der Waals surface area contributed by atoms with E-state index in [0.717, 1.165) is 16.8 Å². The molecule has 5 heteroatoms. The van der Waals surface area contributed by atoms with E-state index < -0.39 is 6.10 Å². The molecule has 0 saturated carbocycles. The van der Waals surface area contributed by atoms with E-state index in [2.05, 4.69) is 10.5 Å². The smallest absolute Gasteiger partial charge is 0.160 e. The molecule has 2 unspecified atom stereocenters. The van der Waals surface area contributed by atoms with Gasteiger partial charge in [-0.25, -0.2) is 0 Å². The Kier molecular flexibility index (Phi) is 6.14. The van der Waals surface area contributed by atoms with E-state index in [1.807, 2.05) is 51.1 Å². The SMILES string of the molecule is CO/N=C1\CC(C)(C)C(O)C(NCc2ccccc2C(C)=O)C=C1C. The predicted molar refractivity (Wildman–Crippen MR) is 99.7 cm³/mol. The van der Waals surface area contributed by atoms with Gasteiger partial charge >= 0.3 is 0 Å². The van der Waals surface area contributed by atoms with Gasteiger partial charge in [0.05, 0.1) is 17.9 Å². The van der Waals surface area contributed by atoms with Crippen LogP contribution in [0, 0.1) is 5.41 Å². The van der Waals surface area contributed by atoms with E-state index in [1.165, 1.54) is 7.11 Å². The van der Waals surface area contributed by atoms with Crippen molar-refractivity contribution in [3.63, 3.8) is 0 Å². The van der Waals surface area contributed by atoms with Crippen molar-refractivity contribution in [3.05, 3.63) is 47.0 Å². The van der Waals surface area contributed by atoms with Crippen LogP contribution in [0.15, 0.2) is 41.1 Å². The van der Waals surface area contributed by atoms with Crippen LogP contribution in [0.25, 0.3) is 0 Å². The minimum absolute atomic E-state index is 0.0420. The van der Waals surface area contributed by atoms with Crippen molar-refractivity contribution in [1.82, 2.24) is 5.32 Å². The fourth-order valence-electron chi connectivity index (χ4n) is 3.25. The van der Waals surface area contributed by atoms with Gasteiger partial charge in [0.25, 0.3) is 0 Å². The second-order valence-corrected chi connectivity index (χ2v) is 7.30. The molecule has 1 aromatic rings. The summed E-state index contributed by atoms with van der Waals surface area (Å²) in [4.78, 5) is 16.7. The van der Waals surface area contributed by atoms with E-state index in [-0.39, 0.29) is 17.2 Å². The maximum Gasteiger partial charge on any atom is 0.160 e. The topological polar surface area (TPSA) is 70.9 Å². The fraction of sp³-hybridized carbons (Fsp3) is 0.500. The average Bonchev–Trinajstić information content (AvgIpc) is 2.64. The van der Waals surface area contributed by atoms with Crippen LogP contribution in [-0.4, -0.2) is 35.9 Å². The predicted octanol–water partition coefficient (Wildman–Crippen LogP) is 3.09. The van der Waals surface area contributed by atoms with Crippen LogP contribution in [0.4, 0.5) is 0 Å². The highest BCUT2D eigenvalue weighted by molar-refractivity contribution is 6.00. The molecule has 0 radical (unpaired) electrons. The molecular weight excluding hydrogens is 316 g/mol. The van der Waals surface area contributed by atoms with Gasteiger partial charge in [-0.05, 0) is 30.4 Å². The molecule has 0 fully saturated rings. The minimum atomic E-state index is -0.587. The number of allylic oxidation sites excluding steroid dienone is 1. The number of hydrogen-bond donors (Lipinski definition) is 2. The molecule has 1 aliphatic carbocycles. The van der Waals surface area contributed by atoms with Gasteiger partial charge in [0.15, 0.2) is 5.78 Å². The van der Waals surface area contributed by atoms with Crippen molar-refractivity contribution < 1.29 is 14.7 Å². The summed E-state index contributed by atoms with van der Waals surface area (Å²) in [5.74, 6) is 0.0420. The minimum Gasteiger partial charge on any atom is -0.399 e. The second-order valence-electron chi connectivity index (χ2n) is 7.30. The highest BCUT2D eigenvalue weighted by Crippen LogP contribution is 2.33. The van der Waals surface area contributed by atoms with Crippen LogP contribution in [-0.2, 0) is 11.4 Å². The Hall–Kier alpha value is -1.98. The Balaban J connectivity index is 2.25. The molecule has 0 bridgehead atoms. The van der Waals surface area contributed by atoms with Crippen molar-refractivity contribution in [1.29, 1.82) is 0 Å². The lowest BCUT2D eigenvalue weighted by Crippen LogP contribution is -2.45. The molecule has 2 rings (SSSR count). The zero-order valence-electron chi connectivity index (χ0n) is 15.7. The number of Topliss-reactive ketones (excluding diaryl/α,β-unsaturated/α-hetero) is 1. The average molecular weight is 344 g/mol. The molecular formula is C20H28N2O3. The first-order valence-corrected chi connectivity index (χ1v) is 8.55. The molecule has 1 aromatic carbocycles. The number of oxime groups is 1. The summed E-state index contributed by atoms with van der Waals surface area (Å²) < 4.78 is 0. The van der Waals surface area contributed by atoms with Gasteiger partial charge in [0.2, 0.25) is 0 Å². The number of hydrogen-bond acceptors (Lipinski definition) is 5. The standard InChI is InChI=1S/C20H28N2O3/c1-13-10-17(19(24)20(3,4)11-18(13)22-25-5)21-12-15-8-6-7-9-16(15)14(2)23/h6-10,17,19,21,24H,11-12H2,1-5H3/b22-18+. The van der Waals surface area contributed by atoms with Gasteiger partial charge in [-0.15, -0.1) is 0 Å². The zero-order chi connectivity index (χ0) is 18.6. The summed E-state index contributed by atoms with van der Waals surface area (Å²) in [7, 11) is 1.53. The third kappa shape index (κ3) is 4.55. The van der Waals surface area contributed by atoms with E-state index in [4.69, 9.17) is 4.84 Å². The molecule has 25 heavy (non-hydrogen) atoms. The first-order chi connectivity index (χ1) is 11.8. The van der Waals surface area contributed by atoms with Crippen molar-refractivity contribution in [2.24, 2.45) is 10.6 Å². The van der Waals surface area contributed by atoms with Crippen LogP contribution in [0.3, 0.4) is 0 Å². The monoisotopic (exact) mass is 344 g/mol. The normalized spacial score (nSPS) is 24.6. The van der Waals surface area contributed by atoms with Crippen LogP contribution < -0.4 is 5.32 Å². The van der Waals surface area contributed by atoms with Crippen LogP contribution >= 0.6 is 0 Å². The van der Waals surface area contributed by atoms with Gasteiger partial charge in [0.1, 0.15) is 7.11 Å². The lowest BCUT2D eigenvalue weighted by molar-refractivity contribution is 0.0357. The summed E-state index contributed by atoms with van der Waals surface area (Å²) >= 11 is 0. The Labute approximate surface area is 149 Å². The van der Waals surface area contributed by atoms with E-state index in [9.17, 15) is 9.90 Å². The summed E-state index contributed by atoms with van der Waals surface area (Å²) in [6.07, 6.45) is 2.04. The summed E-state index contributed by atoms with van der Waals surface area (Å²) in [6.45, 7) is 8.10. The van der Waals surface area contributed by atoms with E-state index >= 15 is 0 Å². The quantitative estimate of drug-likeness (QED) is 0.636. The lowest BCUT2D eigenvalue weighted by atomic mass is 9.79. The van der Waals surface area contributed by atoms with Gasteiger partial charge < -0.3 is 15.3 Å². The van der Waals surface area contributed by atoms with E-state index in [1.54, 1.807) is 6.92 Å². The van der Waals surface area contributed by atoms with Crippen molar-refractivity contribution in [3.8, 4) is 0 Å². The Morgan fingerprint density at radius 2 is 2.08 bits per heavy atom. The van der Waals surface area contributed by atoms with Crippen molar-refractivity contribution in [2.75, 3.05) is 7.11 Å². The number of nitrogens with one attached hydrogen (secondary N) is 1. The van der Waals surface area contributed by atoms with Gasteiger partial charge in [-0.3, -0.25) is 4.79 Å². The summed E-state index contributed by atoms with van der Waals surface area (Å²) in [5.41, 5.74) is 3.12. The fourth-order valence-corrected chi connectivity index (χ4v) is 3.25. The zero-order valence-corrected chi connectivity index (χ0v) is 15.7. The number of rotatable bonds is 5. The molecule has 0 aliphatic heterocycles. The maximum absolute atomic E-state index is 11.8. The third-order valence-electron chi connectivity index (χ3n) is 4.77. The number of ketones is 1. The van der Waals surface area contributed by atoms with Gasteiger partial charge in [-0.1, -0.05) is 49.3 Å².